The lowest BCUT2D eigenvalue weighted by Crippen LogP contribution is -2.81. The van der Waals surface area contributed by atoms with Crippen molar-refractivity contribution in [1.29, 1.82) is 0 Å². The Hall–Kier alpha value is -7.35. The molecule has 7 aromatic rings. The smallest absolute Gasteiger partial charge is 0.350 e. The Labute approximate surface area is 367 Å². The third-order valence-electron chi connectivity index (χ3n) is 10.2. The van der Waals surface area contributed by atoms with Crippen LogP contribution in [-0.4, -0.2) is 18.3 Å². The standard InChI is InChI=1S/C24BF20.C18H13F3NO2/c26-5-1(6(27)14(35)21(42)13(5)34)25(2-7(28)15(36)22(43)16(37)8(2)29,3-9(30)17(38)23(44)18(39)10(3)31)4-11(32)19(40)24(45)20(41)12(4)33;19-18(20,21)24-17-15-9-5-4-6-13(15)10-11-22(17)12-16(23)14-7-2-1-3-8-14/h;1-11H,12H2/q-1;+1. The highest BCUT2D eigenvalue weighted by Crippen LogP contribution is 2.32. The molecule has 7 rings (SSSR count). The number of halogens is 23. The molecule has 0 aliphatic rings. The van der Waals surface area contributed by atoms with E-state index in [9.17, 15) is 70.7 Å². The molecule has 1 heterocycles. The number of carbonyl (C=O) groups is 1. The van der Waals surface area contributed by atoms with E-state index in [-0.39, 0.29) is 17.7 Å². The molecule has 0 atom stereocenters. The molecule has 0 N–H and O–H groups in total. The summed E-state index contributed by atoms with van der Waals surface area (Å²) in [5.41, 5.74) is -13.9. The van der Waals surface area contributed by atoms with Crippen LogP contribution >= 0.6 is 0 Å². The maximum atomic E-state index is 15.4. The van der Waals surface area contributed by atoms with Gasteiger partial charge in [0.05, 0.1) is 5.39 Å². The molecule has 6 aromatic carbocycles. The van der Waals surface area contributed by atoms with Gasteiger partial charge >= 0.3 is 12.2 Å². The maximum absolute atomic E-state index is 15.4. The Kier molecular flexibility index (Phi) is 13.8. The predicted molar refractivity (Wildman–Crippen MR) is 191 cm³/mol. The van der Waals surface area contributed by atoms with Crippen molar-refractivity contribution < 1.29 is 115 Å². The second-order valence-electron chi connectivity index (χ2n) is 14.0. The van der Waals surface area contributed by atoms with Gasteiger partial charge in [0, 0.05) is 11.6 Å². The number of hydrogen-bond donors (Lipinski definition) is 0. The van der Waals surface area contributed by atoms with Crippen molar-refractivity contribution in [2.45, 2.75) is 12.9 Å². The maximum Gasteiger partial charge on any atom is 0.577 e. The first-order valence-electron chi connectivity index (χ1n) is 18.1. The first-order valence-corrected chi connectivity index (χ1v) is 18.1. The fraction of sp³-hybridized carbons (Fsp3) is 0.0476. The summed E-state index contributed by atoms with van der Waals surface area (Å²) in [5, 5.41) is 0.887. The predicted octanol–water partition coefficient (Wildman–Crippen LogP) is 9.75. The number of carbonyl (C=O) groups excluding carboxylic acids is 1. The van der Waals surface area contributed by atoms with E-state index < -0.39 is 157 Å². The lowest BCUT2D eigenvalue weighted by molar-refractivity contribution is -0.691. The average Bonchev–Trinajstić information content (AvgIpc) is 3.32. The molecule has 0 aliphatic heterocycles. The minimum Gasteiger partial charge on any atom is -0.350 e. The molecule has 0 bridgehead atoms. The number of aromatic nitrogens is 1. The molecular formula is C42H13BF23NO2. The molecular weight excluding hydrogens is 998 g/mol. The summed E-state index contributed by atoms with van der Waals surface area (Å²) in [6.45, 7) is -0.250. The molecule has 0 fully saturated rings. The zero-order valence-corrected chi connectivity index (χ0v) is 32.6. The molecule has 3 nitrogen and oxygen atoms in total. The van der Waals surface area contributed by atoms with Crippen LogP contribution in [0.2, 0.25) is 0 Å². The lowest BCUT2D eigenvalue weighted by atomic mass is 9.12. The summed E-state index contributed by atoms with van der Waals surface area (Å²) in [5.74, 6) is -72.1. The van der Waals surface area contributed by atoms with Crippen LogP contribution < -0.4 is 31.2 Å². The third kappa shape index (κ3) is 8.40. The quantitative estimate of drug-likeness (QED) is 0.0380. The summed E-state index contributed by atoms with van der Waals surface area (Å²) in [7, 11) is 0. The van der Waals surface area contributed by atoms with Crippen molar-refractivity contribution in [2.24, 2.45) is 0 Å². The van der Waals surface area contributed by atoms with Crippen LogP contribution in [0, 0.1) is 116 Å². The number of benzene rings is 6. The van der Waals surface area contributed by atoms with E-state index in [2.05, 4.69) is 4.74 Å². The van der Waals surface area contributed by atoms with Crippen LogP contribution in [0.3, 0.4) is 0 Å². The summed E-state index contributed by atoms with van der Waals surface area (Å²) in [4.78, 5) is 12.3. The van der Waals surface area contributed by atoms with Crippen LogP contribution in [0.25, 0.3) is 10.8 Å². The molecule has 1 aromatic heterocycles. The monoisotopic (exact) mass is 1010 g/mol. The van der Waals surface area contributed by atoms with Gasteiger partial charge in [-0.1, -0.05) is 48.5 Å². The van der Waals surface area contributed by atoms with Crippen LogP contribution in [-0.2, 0) is 6.54 Å². The fourth-order valence-corrected chi connectivity index (χ4v) is 7.32. The van der Waals surface area contributed by atoms with Crippen molar-refractivity contribution in [1.82, 2.24) is 0 Å². The zero-order valence-electron chi connectivity index (χ0n) is 32.6. The number of Topliss-reactive ketones (excluding diaryl/α,β-unsaturated/α-hetero) is 1. The molecule has 0 saturated heterocycles. The largest absolute Gasteiger partial charge is 0.577 e. The van der Waals surface area contributed by atoms with E-state index in [1.54, 1.807) is 54.6 Å². The van der Waals surface area contributed by atoms with Gasteiger partial charge < -0.3 is 4.74 Å². The van der Waals surface area contributed by atoms with E-state index in [0.717, 1.165) is 0 Å². The number of hydrogen-bond acceptors (Lipinski definition) is 2. The number of pyridine rings is 1. The topological polar surface area (TPSA) is 30.2 Å². The Balaban J connectivity index is 0.000000273. The van der Waals surface area contributed by atoms with Crippen molar-refractivity contribution in [3.8, 4) is 5.88 Å². The zero-order chi connectivity index (χ0) is 51.5. The summed E-state index contributed by atoms with van der Waals surface area (Å²) < 4.78 is 338. The fourth-order valence-electron chi connectivity index (χ4n) is 7.32. The summed E-state index contributed by atoms with van der Waals surface area (Å²) >= 11 is 0. The van der Waals surface area contributed by atoms with E-state index in [0.29, 0.717) is 10.9 Å². The van der Waals surface area contributed by atoms with E-state index in [1.807, 2.05) is 0 Å². The molecule has 69 heavy (non-hydrogen) atoms. The summed E-state index contributed by atoms with van der Waals surface area (Å²) in [6.07, 6.45) is -10.6. The number of rotatable bonds is 8. The van der Waals surface area contributed by atoms with E-state index in [4.69, 9.17) is 0 Å². The molecule has 0 amide bonds. The number of ketones is 1. The van der Waals surface area contributed by atoms with Gasteiger partial charge in [0.2, 0.25) is 12.3 Å². The Morgan fingerprint density at radius 3 is 1.01 bits per heavy atom. The van der Waals surface area contributed by atoms with Crippen LogP contribution in [0.15, 0.2) is 66.9 Å². The second kappa shape index (κ2) is 18.6. The Bertz CT molecular complexity index is 2860. The van der Waals surface area contributed by atoms with Gasteiger partial charge in [-0.25, -0.2) is 87.8 Å². The SMILES string of the molecule is Fc1c(F)c(F)c([B-](c2c(F)c(F)c(F)c(F)c2F)(c2c(F)c(F)c(F)c(F)c2F)c2c(F)c(F)c(F)c(F)c2F)c(F)c1F.O=C(C[n+]1ccc2ccccc2c1OC(F)(F)F)c1ccccc1. The van der Waals surface area contributed by atoms with Gasteiger partial charge in [-0.05, 0) is 11.5 Å². The van der Waals surface area contributed by atoms with Crippen molar-refractivity contribution in [3.63, 3.8) is 0 Å². The van der Waals surface area contributed by atoms with Crippen LogP contribution in [0.4, 0.5) is 101 Å². The van der Waals surface area contributed by atoms with Crippen molar-refractivity contribution in [2.75, 3.05) is 0 Å². The first-order chi connectivity index (χ1) is 32.1. The average molecular weight is 1010 g/mol. The number of ether oxygens (including phenoxy) is 1. The number of alkyl halides is 3. The summed E-state index contributed by atoms with van der Waals surface area (Å²) in [6, 6.07) is 16.6. The lowest BCUT2D eigenvalue weighted by Gasteiger charge is -2.44. The van der Waals surface area contributed by atoms with E-state index >= 15 is 35.1 Å². The van der Waals surface area contributed by atoms with Crippen LogP contribution in [0.5, 0.6) is 5.88 Å². The van der Waals surface area contributed by atoms with Crippen molar-refractivity contribution in [3.05, 3.63) is 189 Å². The third-order valence-corrected chi connectivity index (χ3v) is 10.2. The highest BCUT2D eigenvalue weighted by molar-refractivity contribution is 7.20. The van der Waals surface area contributed by atoms with E-state index in [1.165, 1.54) is 16.8 Å². The highest BCUT2D eigenvalue weighted by atomic mass is 19.4. The number of fused-ring (bicyclic) bond motifs is 1. The Morgan fingerprint density at radius 1 is 0.406 bits per heavy atom. The van der Waals surface area contributed by atoms with Crippen LogP contribution in [0.1, 0.15) is 10.4 Å². The normalized spacial score (nSPS) is 11.8. The number of nitrogens with zero attached hydrogens (tertiary/aromatic N) is 1. The minimum atomic E-state index is -7.22. The second-order valence-corrected chi connectivity index (χ2v) is 14.0. The van der Waals surface area contributed by atoms with Gasteiger partial charge in [-0.3, -0.25) is 4.79 Å². The first kappa shape index (κ1) is 51.1. The van der Waals surface area contributed by atoms with Gasteiger partial charge in [-0.2, -0.15) is 4.57 Å². The molecule has 0 radical (unpaired) electrons. The molecule has 0 unspecified atom stereocenters. The van der Waals surface area contributed by atoms with Gasteiger partial charge in [0.25, 0.3) is 0 Å². The van der Waals surface area contributed by atoms with Gasteiger partial charge in [0.1, 0.15) is 52.7 Å². The minimum absolute atomic E-state index is 0.250. The van der Waals surface area contributed by atoms with Crippen molar-refractivity contribution >= 4 is 44.6 Å². The highest BCUT2D eigenvalue weighted by Gasteiger charge is 2.52. The molecule has 0 aliphatic carbocycles. The molecule has 362 valence electrons. The van der Waals surface area contributed by atoms with Gasteiger partial charge in [-0.15, -0.1) is 35.0 Å². The molecule has 0 saturated carbocycles. The molecule has 27 heteroatoms. The Morgan fingerprint density at radius 2 is 0.696 bits per heavy atom. The molecule has 0 spiro atoms. The van der Waals surface area contributed by atoms with Gasteiger partial charge in [0.15, 0.2) is 76.0 Å².